The van der Waals surface area contributed by atoms with E-state index < -0.39 is 25.5 Å². The van der Waals surface area contributed by atoms with Gasteiger partial charge in [-0.3, -0.25) is 9.79 Å². The van der Waals surface area contributed by atoms with Gasteiger partial charge in [0.2, 0.25) is 5.91 Å². The minimum absolute atomic E-state index is 0.0112. The molecule has 0 saturated heterocycles. The summed E-state index contributed by atoms with van der Waals surface area (Å²) in [6.45, 7) is 11.4. The topological polar surface area (TPSA) is 83.0 Å². The number of nitrogens with one attached hydrogen (secondary N) is 2. The van der Waals surface area contributed by atoms with Crippen molar-refractivity contribution in [2.45, 2.75) is 63.3 Å². The molecule has 0 atom stereocenters. The maximum atomic E-state index is 14.4. The zero-order valence-electron chi connectivity index (χ0n) is 20.3. The lowest BCUT2D eigenvalue weighted by molar-refractivity contribution is -0.125. The van der Waals surface area contributed by atoms with Gasteiger partial charge in [0.15, 0.2) is 5.82 Å². The van der Waals surface area contributed by atoms with Crippen LogP contribution in [0.25, 0.3) is 0 Å². The molecule has 2 heterocycles. The Kier molecular flexibility index (Phi) is 5.67. The minimum Gasteiger partial charge on any atom is -0.494 e. The van der Waals surface area contributed by atoms with E-state index in [4.69, 9.17) is 4.74 Å². The zero-order chi connectivity index (χ0) is 24.2. The molecule has 9 heteroatoms. The summed E-state index contributed by atoms with van der Waals surface area (Å²) in [5, 5.41) is 5.54. The number of amidine groups is 1. The molecule has 2 aliphatic heterocycles. The molecular formula is C24H33FN4O3Si. The monoisotopic (exact) mass is 472 g/mol. The number of hydrogen-bond acceptors (Lipinski definition) is 4. The zero-order valence-corrected chi connectivity index (χ0v) is 21.3. The average Bonchev–Trinajstić information content (AvgIpc) is 3.19. The van der Waals surface area contributed by atoms with Gasteiger partial charge in [-0.1, -0.05) is 32.1 Å². The number of halogens is 1. The Hall–Kier alpha value is -2.68. The molecule has 0 spiro atoms. The molecule has 0 unspecified atom stereocenters. The van der Waals surface area contributed by atoms with Crippen molar-refractivity contribution in [3.05, 3.63) is 35.2 Å². The van der Waals surface area contributed by atoms with Gasteiger partial charge >= 0.3 is 6.03 Å². The van der Waals surface area contributed by atoms with Crippen molar-refractivity contribution in [1.82, 2.24) is 10.2 Å². The lowest BCUT2D eigenvalue weighted by atomic mass is 9.83. The van der Waals surface area contributed by atoms with E-state index in [0.717, 1.165) is 30.4 Å². The summed E-state index contributed by atoms with van der Waals surface area (Å²) < 4.78 is 19.6. The summed E-state index contributed by atoms with van der Waals surface area (Å²) in [4.78, 5) is 32.8. The Morgan fingerprint density at radius 3 is 2.45 bits per heavy atom. The predicted octanol–water partition coefficient (Wildman–Crippen LogP) is 4.55. The highest BCUT2D eigenvalue weighted by Crippen LogP contribution is 2.55. The van der Waals surface area contributed by atoms with Crippen LogP contribution < -0.4 is 15.4 Å². The van der Waals surface area contributed by atoms with Crippen molar-refractivity contribution in [1.29, 1.82) is 0 Å². The fourth-order valence-corrected chi connectivity index (χ4v) is 7.83. The number of ether oxygens (including phenoxy) is 1. The normalized spacial score (nSPS) is 20.7. The van der Waals surface area contributed by atoms with Gasteiger partial charge in [0.05, 0.1) is 33.8 Å². The van der Waals surface area contributed by atoms with Crippen LogP contribution in [0.2, 0.25) is 24.7 Å². The molecule has 7 nitrogen and oxygen atoms in total. The Bertz CT molecular complexity index is 1070. The molecule has 1 aromatic rings. The first-order valence-electron chi connectivity index (χ1n) is 11.4. The smallest absolute Gasteiger partial charge is 0.323 e. The van der Waals surface area contributed by atoms with Crippen LogP contribution in [-0.4, -0.2) is 56.5 Å². The van der Waals surface area contributed by atoms with Gasteiger partial charge in [0.1, 0.15) is 17.3 Å². The van der Waals surface area contributed by atoms with Gasteiger partial charge in [0.25, 0.3) is 0 Å². The number of urea groups is 1. The van der Waals surface area contributed by atoms with Crippen LogP contribution in [0.1, 0.15) is 33.1 Å². The van der Waals surface area contributed by atoms with Gasteiger partial charge in [-0.05, 0) is 44.4 Å². The molecule has 33 heavy (non-hydrogen) atoms. The number of anilines is 1. The fraction of sp³-hybridized carbons (Fsp3) is 0.542. The third kappa shape index (κ3) is 3.66. The van der Waals surface area contributed by atoms with Crippen LogP contribution in [0, 0.1) is 5.82 Å². The highest BCUT2D eigenvalue weighted by Gasteiger charge is 2.54. The maximum absolute atomic E-state index is 14.4. The van der Waals surface area contributed by atoms with Crippen LogP contribution in [0.3, 0.4) is 0 Å². The average molecular weight is 473 g/mol. The number of para-hydroxylation sites is 1. The molecule has 1 aromatic carbocycles. The number of rotatable bonds is 4. The molecular weight excluding hydrogens is 439 g/mol. The third-order valence-corrected chi connectivity index (χ3v) is 11.4. The quantitative estimate of drug-likeness (QED) is 0.631. The number of carbonyl (C=O) groups is 2. The number of aliphatic imine (C=N–C) groups is 1. The number of hydrogen-bond donors (Lipinski definition) is 2. The summed E-state index contributed by atoms with van der Waals surface area (Å²) in [5.41, 5.74) is 1.27. The molecule has 4 rings (SSSR count). The molecule has 2 N–H and O–H groups in total. The Labute approximate surface area is 195 Å². The summed E-state index contributed by atoms with van der Waals surface area (Å²) in [7, 11) is -0.284. The van der Waals surface area contributed by atoms with Crippen LogP contribution >= 0.6 is 0 Å². The highest BCUT2D eigenvalue weighted by molar-refractivity contribution is 6.82. The lowest BCUT2D eigenvalue weighted by Gasteiger charge is -2.49. The fourth-order valence-electron chi connectivity index (χ4n) is 5.23. The van der Waals surface area contributed by atoms with Crippen molar-refractivity contribution in [2.24, 2.45) is 4.99 Å². The Morgan fingerprint density at radius 1 is 1.18 bits per heavy atom. The van der Waals surface area contributed by atoms with E-state index in [9.17, 15) is 14.0 Å². The SMILES string of the molecule is COc1cccc(F)c1NC(=O)N1CC2=C(CN=C2NC(=O)C2([Si](C)(C)C)CCC2)C1(C)C. The van der Waals surface area contributed by atoms with E-state index in [0.29, 0.717) is 18.9 Å². The first-order chi connectivity index (χ1) is 15.4. The summed E-state index contributed by atoms with van der Waals surface area (Å²) in [6.07, 6.45) is 2.94. The van der Waals surface area contributed by atoms with Gasteiger partial charge in [-0.25, -0.2) is 9.18 Å². The van der Waals surface area contributed by atoms with Crippen molar-refractivity contribution >= 4 is 31.5 Å². The van der Waals surface area contributed by atoms with E-state index in [1.165, 1.54) is 19.2 Å². The largest absolute Gasteiger partial charge is 0.494 e. The maximum Gasteiger partial charge on any atom is 0.323 e. The highest BCUT2D eigenvalue weighted by atomic mass is 28.3. The van der Waals surface area contributed by atoms with Crippen LogP contribution in [0.15, 0.2) is 34.3 Å². The lowest BCUT2D eigenvalue weighted by Crippen LogP contribution is -2.55. The predicted molar refractivity (Wildman–Crippen MR) is 130 cm³/mol. The van der Waals surface area contributed by atoms with E-state index in [1.807, 2.05) is 13.8 Å². The van der Waals surface area contributed by atoms with Crippen LogP contribution in [0.4, 0.5) is 14.9 Å². The van der Waals surface area contributed by atoms with E-state index in [-0.39, 0.29) is 22.4 Å². The van der Waals surface area contributed by atoms with E-state index in [2.05, 4.69) is 35.3 Å². The number of benzene rings is 1. The van der Waals surface area contributed by atoms with E-state index >= 15 is 0 Å². The number of amides is 3. The van der Waals surface area contributed by atoms with E-state index in [1.54, 1.807) is 11.0 Å². The van der Waals surface area contributed by atoms with Crippen molar-refractivity contribution in [2.75, 3.05) is 25.5 Å². The summed E-state index contributed by atoms with van der Waals surface area (Å²) in [6, 6.07) is 3.98. The van der Waals surface area contributed by atoms with Crippen molar-refractivity contribution in [3.63, 3.8) is 0 Å². The molecule has 0 bridgehead atoms. The summed E-state index contributed by atoms with van der Waals surface area (Å²) in [5.74, 6) is 0.336. The molecule has 178 valence electrons. The van der Waals surface area contributed by atoms with Crippen LogP contribution in [-0.2, 0) is 4.79 Å². The molecule has 1 saturated carbocycles. The summed E-state index contributed by atoms with van der Waals surface area (Å²) >= 11 is 0. The first kappa shape index (κ1) is 23.5. The van der Waals surface area contributed by atoms with Gasteiger partial charge in [0, 0.05) is 10.6 Å². The minimum atomic E-state index is -1.72. The Morgan fingerprint density at radius 2 is 1.88 bits per heavy atom. The number of carbonyl (C=O) groups excluding carboxylic acids is 2. The molecule has 1 fully saturated rings. The molecule has 0 aromatic heterocycles. The Balaban J connectivity index is 1.52. The molecule has 3 aliphatic rings. The number of nitrogens with zero attached hydrogens (tertiary/aromatic N) is 2. The molecule has 1 aliphatic carbocycles. The van der Waals surface area contributed by atoms with Gasteiger partial charge in [-0.15, -0.1) is 0 Å². The van der Waals surface area contributed by atoms with Crippen molar-refractivity contribution in [3.8, 4) is 5.75 Å². The second-order valence-corrected chi connectivity index (χ2v) is 16.1. The molecule has 3 amide bonds. The second-order valence-electron chi connectivity index (χ2n) is 10.7. The molecule has 0 radical (unpaired) electrons. The standard InChI is InChI=1S/C24H33FN4O3Si/c1-23(2)16-13-26-20(28-21(30)24(11-8-12-24)33(4,5)6)15(16)14-29(23)22(31)27-19-17(25)9-7-10-18(19)32-3/h7,9-10H,8,11-14H2,1-6H3,(H,27,31)(H,26,28,30). The second kappa shape index (κ2) is 7.97. The van der Waals surface area contributed by atoms with Gasteiger partial charge < -0.3 is 20.3 Å². The number of methoxy groups -OCH3 is 1. The first-order valence-corrected chi connectivity index (χ1v) is 14.9. The van der Waals surface area contributed by atoms with Gasteiger partial charge in [-0.2, -0.15) is 0 Å². The third-order valence-electron chi connectivity index (χ3n) is 7.76. The van der Waals surface area contributed by atoms with Crippen LogP contribution in [0.5, 0.6) is 5.75 Å². The van der Waals surface area contributed by atoms with Crippen molar-refractivity contribution < 1.29 is 18.7 Å².